The van der Waals surface area contributed by atoms with Crippen LogP contribution < -0.4 is 10.1 Å². The first-order valence-electron chi connectivity index (χ1n) is 4.27. The van der Waals surface area contributed by atoms with E-state index in [-0.39, 0.29) is 0 Å². The molecule has 0 bridgehead atoms. The molecule has 0 aromatic carbocycles. The van der Waals surface area contributed by atoms with Crippen LogP contribution in [-0.2, 0) is 4.79 Å². The summed E-state index contributed by atoms with van der Waals surface area (Å²) >= 11 is 0. The quantitative estimate of drug-likeness (QED) is 0.833. The van der Waals surface area contributed by atoms with Gasteiger partial charge in [-0.05, 0) is 0 Å². The van der Waals surface area contributed by atoms with E-state index in [9.17, 15) is 22.8 Å². The molecule has 1 rings (SSSR count). The van der Waals surface area contributed by atoms with Crippen LogP contribution in [0.5, 0.6) is 5.75 Å². The first kappa shape index (κ1) is 13.7. The number of methoxy groups -OCH3 is 1. The maximum atomic E-state index is 12.0. The summed E-state index contributed by atoms with van der Waals surface area (Å²) in [6.07, 6.45) is -4.43. The van der Waals surface area contributed by atoms with Crippen molar-refractivity contribution in [3.8, 4) is 5.75 Å². The van der Waals surface area contributed by atoms with Gasteiger partial charge in [0.1, 0.15) is 6.33 Å². The van der Waals surface area contributed by atoms with Crippen molar-refractivity contribution in [3.05, 3.63) is 12.0 Å². The molecule has 0 aliphatic rings. The van der Waals surface area contributed by atoms with E-state index in [1.807, 2.05) is 0 Å². The molecule has 0 aliphatic heterocycles. The summed E-state index contributed by atoms with van der Waals surface area (Å²) in [5.74, 6) is -5.07. The van der Waals surface area contributed by atoms with E-state index >= 15 is 0 Å². The van der Waals surface area contributed by atoms with E-state index in [1.165, 1.54) is 5.32 Å². The van der Waals surface area contributed by atoms with Crippen LogP contribution in [0.2, 0.25) is 0 Å². The van der Waals surface area contributed by atoms with E-state index in [4.69, 9.17) is 5.11 Å². The van der Waals surface area contributed by atoms with Crippen LogP contribution in [0.15, 0.2) is 6.33 Å². The predicted molar refractivity (Wildman–Crippen MR) is 50.2 cm³/mol. The number of ether oxygens (including phenoxy) is 1. The van der Waals surface area contributed by atoms with Crippen LogP contribution in [0, 0.1) is 0 Å². The third-order valence-corrected chi connectivity index (χ3v) is 1.70. The van der Waals surface area contributed by atoms with Gasteiger partial charge in [-0.25, -0.2) is 14.8 Å². The van der Waals surface area contributed by atoms with Crippen LogP contribution >= 0.6 is 0 Å². The van der Waals surface area contributed by atoms with Crippen LogP contribution in [0.1, 0.15) is 10.5 Å². The average Bonchev–Trinajstić information content (AvgIpc) is 2.27. The number of hydrogen-bond acceptors (Lipinski definition) is 5. The predicted octanol–water partition coefficient (Wildman–Crippen LogP) is 0.684. The number of amides is 1. The number of anilines is 1. The highest BCUT2D eigenvalue weighted by atomic mass is 19.4. The van der Waals surface area contributed by atoms with Gasteiger partial charge in [0.2, 0.25) is 0 Å². The molecule has 18 heavy (non-hydrogen) atoms. The minimum Gasteiger partial charge on any atom is -0.491 e. The Morgan fingerprint density at radius 3 is 2.44 bits per heavy atom. The fourth-order valence-corrected chi connectivity index (χ4v) is 0.987. The first-order valence-corrected chi connectivity index (χ1v) is 4.27. The molecule has 0 spiro atoms. The van der Waals surface area contributed by atoms with E-state index in [0.29, 0.717) is 6.33 Å². The number of nitrogens with zero attached hydrogens (tertiary/aromatic N) is 2. The lowest BCUT2D eigenvalue weighted by Gasteiger charge is -2.11. The molecule has 7 nitrogen and oxygen atoms in total. The second-order valence-electron chi connectivity index (χ2n) is 2.86. The molecular formula is C8H6F3N3O4. The van der Waals surface area contributed by atoms with Crippen LogP contribution in [0.3, 0.4) is 0 Å². The van der Waals surface area contributed by atoms with Gasteiger partial charge in [-0.15, -0.1) is 0 Å². The number of aromatic nitrogens is 2. The molecule has 0 saturated carbocycles. The Kier molecular flexibility index (Phi) is 3.69. The number of alkyl halides is 3. The molecule has 2 N–H and O–H groups in total. The summed E-state index contributed by atoms with van der Waals surface area (Å²) in [5, 5.41) is 10.1. The van der Waals surface area contributed by atoms with Crippen LogP contribution in [-0.4, -0.2) is 40.2 Å². The number of carboxylic acid groups (broad SMARTS) is 1. The fraction of sp³-hybridized carbons (Fsp3) is 0.250. The van der Waals surface area contributed by atoms with Gasteiger partial charge in [0.05, 0.1) is 7.11 Å². The lowest BCUT2D eigenvalue weighted by Crippen LogP contribution is -2.30. The molecule has 98 valence electrons. The number of hydrogen-bond donors (Lipinski definition) is 2. The van der Waals surface area contributed by atoms with Gasteiger partial charge >= 0.3 is 18.1 Å². The Hall–Kier alpha value is -2.39. The number of carbonyl (C=O) groups is 2. The van der Waals surface area contributed by atoms with Gasteiger partial charge in [0.15, 0.2) is 17.3 Å². The van der Waals surface area contributed by atoms with Crippen molar-refractivity contribution >= 4 is 17.7 Å². The maximum Gasteiger partial charge on any atom is 0.471 e. The second-order valence-corrected chi connectivity index (χ2v) is 2.86. The summed E-state index contributed by atoms with van der Waals surface area (Å²) in [6.45, 7) is 0. The lowest BCUT2D eigenvalue weighted by atomic mass is 10.3. The Morgan fingerprint density at radius 2 is 2.00 bits per heavy atom. The van der Waals surface area contributed by atoms with E-state index in [0.717, 1.165) is 7.11 Å². The molecule has 0 fully saturated rings. The SMILES string of the molecule is COc1c(NC(=O)C(F)(F)F)ncnc1C(=O)O. The largest absolute Gasteiger partial charge is 0.491 e. The molecule has 1 amide bonds. The maximum absolute atomic E-state index is 12.0. The highest BCUT2D eigenvalue weighted by Crippen LogP contribution is 2.26. The zero-order chi connectivity index (χ0) is 13.9. The van der Waals surface area contributed by atoms with Crippen molar-refractivity contribution in [2.75, 3.05) is 12.4 Å². The van der Waals surface area contributed by atoms with Crippen LogP contribution in [0.25, 0.3) is 0 Å². The molecule has 10 heteroatoms. The summed E-state index contributed by atoms with van der Waals surface area (Å²) in [6, 6.07) is 0. The van der Waals surface area contributed by atoms with Gasteiger partial charge in [-0.3, -0.25) is 10.1 Å². The molecule has 0 unspecified atom stereocenters. The number of halogens is 3. The molecular weight excluding hydrogens is 259 g/mol. The summed E-state index contributed by atoms with van der Waals surface area (Å²) in [5.41, 5.74) is -0.662. The van der Waals surface area contributed by atoms with Crippen LogP contribution in [0.4, 0.5) is 19.0 Å². The summed E-state index contributed by atoms with van der Waals surface area (Å²) in [7, 11) is 1.01. The highest BCUT2D eigenvalue weighted by molar-refractivity contribution is 5.97. The van der Waals surface area contributed by atoms with E-state index in [1.54, 1.807) is 0 Å². The van der Waals surface area contributed by atoms with Gasteiger partial charge in [-0.2, -0.15) is 13.2 Å². The van der Waals surface area contributed by atoms with Crippen molar-refractivity contribution in [1.29, 1.82) is 0 Å². The van der Waals surface area contributed by atoms with E-state index in [2.05, 4.69) is 14.7 Å². The van der Waals surface area contributed by atoms with E-state index < -0.39 is 35.3 Å². The first-order chi connectivity index (χ1) is 8.27. The summed E-state index contributed by atoms with van der Waals surface area (Å²) in [4.78, 5) is 28.0. The van der Waals surface area contributed by atoms with Gasteiger partial charge in [0.25, 0.3) is 0 Å². The minimum absolute atomic E-state index is 0.567. The normalized spacial score (nSPS) is 10.9. The molecule has 0 aliphatic carbocycles. The monoisotopic (exact) mass is 265 g/mol. The number of carboxylic acids is 1. The third kappa shape index (κ3) is 2.84. The zero-order valence-electron chi connectivity index (χ0n) is 8.78. The van der Waals surface area contributed by atoms with Crippen molar-refractivity contribution in [1.82, 2.24) is 9.97 Å². The smallest absolute Gasteiger partial charge is 0.471 e. The second kappa shape index (κ2) is 4.85. The van der Waals surface area contributed by atoms with Crippen molar-refractivity contribution in [2.45, 2.75) is 6.18 Å². The average molecular weight is 265 g/mol. The zero-order valence-corrected chi connectivity index (χ0v) is 8.78. The molecule has 0 atom stereocenters. The van der Waals surface area contributed by atoms with Crippen molar-refractivity contribution in [3.63, 3.8) is 0 Å². The Bertz CT molecular complexity index is 489. The number of aromatic carboxylic acids is 1. The number of rotatable bonds is 3. The molecule has 1 aromatic rings. The molecule has 1 heterocycles. The lowest BCUT2D eigenvalue weighted by molar-refractivity contribution is -0.167. The molecule has 0 radical (unpaired) electrons. The standard InChI is InChI=1S/C8H6F3N3O4/c1-18-4-3(6(15)16)12-2-13-5(4)14-7(17)8(9,10)11/h2H,1H3,(H,15,16)(H,12,13,14,17). The molecule has 0 saturated heterocycles. The van der Waals surface area contributed by atoms with Crippen molar-refractivity contribution < 1.29 is 32.6 Å². The highest BCUT2D eigenvalue weighted by Gasteiger charge is 2.39. The van der Waals surface area contributed by atoms with Gasteiger partial charge in [0, 0.05) is 0 Å². The third-order valence-electron chi connectivity index (χ3n) is 1.70. The fourth-order valence-electron chi connectivity index (χ4n) is 0.987. The number of nitrogens with one attached hydrogen (secondary N) is 1. The van der Waals surface area contributed by atoms with Gasteiger partial charge in [-0.1, -0.05) is 0 Å². The Labute approximate surface area is 97.6 Å². The topological polar surface area (TPSA) is 101 Å². The minimum atomic E-state index is -5.13. The Balaban J connectivity index is 3.14. The van der Waals surface area contributed by atoms with Crippen molar-refractivity contribution in [2.24, 2.45) is 0 Å². The summed E-state index contributed by atoms with van der Waals surface area (Å²) < 4.78 is 40.6. The number of carbonyl (C=O) groups excluding carboxylic acids is 1. The Morgan fingerprint density at radius 1 is 1.39 bits per heavy atom. The molecule has 1 aromatic heterocycles. The van der Waals surface area contributed by atoms with Gasteiger partial charge < -0.3 is 9.84 Å².